The maximum absolute atomic E-state index is 15.0. The summed E-state index contributed by atoms with van der Waals surface area (Å²) in [6, 6.07) is 9.79. The highest BCUT2D eigenvalue weighted by Crippen LogP contribution is 2.29. The van der Waals surface area contributed by atoms with Crippen molar-refractivity contribution in [2.45, 2.75) is 39.2 Å². The first-order valence-electron chi connectivity index (χ1n) is 12.1. The number of carbonyl (C=O) groups excluding carboxylic acids is 1. The molecule has 0 aromatic heterocycles. The molecule has 0 spiro atoms. The summed E-state index contributed by atoms with van der Waals surface area (Å²) in [6.45, 7) is 6.65. The van der Waals surface area contributed by atoms with Crippen molar-refractivity contribution in [3.8, 4) is 0 Å². The molecule has 0 bridgehead atoms. The van der Waals surface area contributed by atoms with E-state index in [1.54, 1.807) is 31.3 Å². The van der Waals surface area contributed by atoms with Crippen LogP contribution in [0.1, 0.15) is 43.5 Å². The van der Waals surface area contributed by atoms with Gasteiger partial charge in [-0.2, -0.15) is 0 Å². The van der Waals surface area contributed by atoms with E-state index in [9.17, 15) is 13.6 Å². The monoisotopic (exact) mass is 472 g/mol. The Hall–Kier alpha value is -2.67. The number of benzene rings is 2. The Morgan fingerprint density at radius 3 is 2.41 bits per heavy atom. The largest absolute Gasteiger partial charge is 0.372 e. The molecule has 2 aromatic carbocycles. The number of halogens is 2. The minimum atomic E-state index is -0.433. The van der Waals surface area contributed by atoms with Gasteiger partial charge in [-0.25, -0.2) is 8.78 Å². The summed E-state index contributed by atoms with van der Waals surface area (Å²) < 4.78 is 29.8. The van der Waals surface area contributed by atoms with Crippen LogP contribution in [0.3, 0.4) is 0 Å². The van der Waals surface area contributed by atoms with Crippen LogP contribution in [0.15, 0.2) is 36.4 Å². The van der Waals surface area contributed by atoms with Crippen molar-refractivity contribution >= 4 is 23.0 Å². The zero-order valence-electron chi connectivity index (χ0n) is 21.3. The molecule has 0 saturated carbocycles. The van der Waals surface area contributed by atoms with Gasteiger partial charge in [0.15, 0.2) is 0 Å². The second-order valence-electron chi connectivity index (χ2n) is 9.74. The summed E-state index contributed by atoms with van der Waals surface area (Å²) in [5.74, 6) is -0.599. The average Bonchev–Trinajstić information content (AvgIpc) is 3.31. The molecule has 2 unspecified atom stereocenters. The van der Waals surface area contributed by atoms with E-state index >= 15 is 0 Å². The van der Waals surface area contributed by atoms with Crippen molar-refractivity contribution in [2.24, 2.45) is 5.92 Å². The topological polar surface area (TPSA) is 30.0 Å². The Morgan fingerprint density at radius 1 is 1.09 bits per heavy atom. The molecule has 3 rings (SSSR count). The standard InChI is InChI=1S/C27H38F2N4O/c1-7-19(2)12-14-31(5)25-10-8-20(16-23(25)28)27(34)32(6)21-9-11-26(24(29)17-21)33-15-13-22(18-33)30(3)4/h8-11,16-17,19,22H,7,12-15,18H2,1-6H3. The highest BCUT2D eigenvalue weighted by Gasteiger charge is 2.26. The minimum absolute atomic E-state index is 0.233. The van der Waals surface area contributed by atoms with Crippen LogP contribution in [0.5, 0.6) is 0 Å². The molecule has 1 aliphatic rings. The zero-order valence-corrected chi connectivity index (χ0v) is 21.3. The SMILES string of the molecule is CCC(C)CCN(C)c1ccc(C(=O)N(C)c2ccc(N3CCC(N(C)C)C3)c(F)c2)cc1F. The molecule has 34 heavy (non-hydrogen) atoms. The molecule has 1 amide bonds. The highest BCUT2D eigenvalue weighted by molar-refractivity contribution is 6.06. The molecule has 2 atom stereocenters. The van der Waals surface area contributed by atoms with Gasteiger partial charge in [0.2, 0.25) is 0 Å². The van der Waals surface area contributed by atoms with Crippen molar-refractivity contribution in [2.75, 3.05) is 62.5 Å². The van der Waals surface area contributed by atoms with Crippen molar-refractivity contribution in [1.82, 2.24) is 4.90 Å². The summed E-state index contributed by atoms with van der Waals surface area (Å²) in [5, 5.41) is 0. The van der Waals surface area contributed by atoms with Gasteiger partial charge in [-0.3, -0.25) is 4.79 Å². The fourth-order valence-corrected chi connectivity index (χ4v) is 4.34. The van der Waals surface area contributed by atoms with Gasteiger partial charge in [-0.1, -0.05) is 20.3 Å². The van der Waals surface area contributed by atoms with Crippen molar-refractivity contribution in [1.29, 1.82) is 0 Å². The average molecular weight is 473 g/mol. The molecular weight excluding hydrogens is 434 g/mol. The first kappa shape index (κ1) is 25.9. The lowest BCUT2D eigenvalue weighted by atomic mass is 10.0. The van der Waals surface area contributed by atoms with E-state index in [1.807, 2.05) is 30.9 Å². The van der Waals surface area contributed by atoms with E-state index in [1.165, 1.54) is 17.0 Å². The highest BCUT2D eigenvalue weighted by atomic mass is 19.1. The maximum atomic E-state index is 15.0. The Kier molecular flexibility index (Phi) is 8.52. The van der Waals surface area contributed by atoms with Crippen molar-refractivity contribution in [3.05, 3.63) is 53.6 Å². The van der Waals surface area contributed by atoms with Crippen LogP contribution in [0.2, 0.25) is 0 Å². The molecule has 0 radical (unpaired) electrons. The van der Waals surface area contributed by atoms with E-state index < -0.39 is 5.82 Å². The maximum Gasteiger partial charge on any atom is 0.258 e. The van der Waals surface area contributed by atoms with Crippen LogP contribution in [0.25, 0.3) is 0 Å². The second kappa shape index (κ2) is 11.2. The summed E-state index contributed by atoms with van der Waals surface area (Å²) in [4.78, 5) is 20.5. The van der Waals surface area contributed by atoms with Gasteiger partial charge in [0, 0.05) is 51.0 Å². The molecule has 186 valence electrons. The van der Waals surface area contributed by atoms with Gasteiger partial charge in [0.05, 0.1) is 11.4 Å². The fourth-order valence-electron chi connectivity index (χ4n) is 4.34. The molecule has 7 heteroatoms. The number of hydrogen-bond acceptors (Lipinski definition) is 4. The van der Waals surface area contributed by atoms with Crippen LogP contribution in [-0.2, 0) is 0 Å². The van der Waals surface area contributed by atoms with Gasteiger partial charge in [0.25, 0.3) is 5.91 Å². The van der Waals surface area contributed by atoms with Crippen LogP contribution in [0, 0.1) is 17.6 Å². The molecule has 5 nitrogen and oxygen atoms in total. The Bertz CT molecular complexity index is 997. The van der Waals surface area contributed by atoms with Gasteiger partial charge >= 0.3 is 0 Å². The molecule has 1 heterocycles. The molecule has 1 fully saturated rings. The summed E-state index contributed by atoms with van der Waals surface area (Å²) in [6.07, 6.45) is 3.05. The van der Waals surface area contributed by atoms with E-state index in [0.29, 0.717) is 29.0 Å². The van der Waals surface area contributed by atoms with Crippen molar-refractivity contribution in [3.63, 3.8) is 0 Å². The van der Waals surface area contributed by atoms with Crippen LogP contribution < -0.4 is 14.7 Å². The quantitative estimate of drug-likeness (QED) is 0.498. The number of carbonyl (C=O) groups is 1. The fraction of sp³-hybridized carbons (Fsp3) is 0.519. The Morgan fingerprint density at radius 2 is 1.82 bits per heavy atom. The van der Waals surface area contributed by atoms with Crippen LogP contribution in [-0.4, -0.2) is 64.7 Å². The normalized spacial score (nSPS) is 16.7. The van der Waals surface area contributed by atoms with Gasteiger partial charge in [-0.05, 0) is 69.3 Å². The van der Waals surface area contributed by atoms with Crippen molar-refractivity contribution < 1.29 is 13.6 Å². The predicted octanol–water partition coefficient (Wildman–Crippen LogP) is 5.25. The molecule has 0 aliphatic carbocycles. The number of hydrogen-bond donors (Lipinski definition) is 0. The van der Waals surface area contributed by atoms with E-state index in [4.69, 9.17) is 0 Å². The van der Waals surface area contributed by atoms with Crippen LogP contribution in [0.4, 0.5) is 25.8 Å². The lowest BCUT2D eigenvalue weighted by Gasteiger charge is -2.24. The molecule has 1 aliphatic heterocycles. The number of likely N-dealkylation sites (N-methyl/N-ethyl adjacent to an activating group) is 1. The molecular formula is C27H38F2N4O. The smallest absolute Gasteiger partial charge is 0.258 e. The van der Waals surface area contributed by atoms with E-state index in [-0.39, 0.29) is 17.3 Å². The molecule has 1 saturated heterocycles. The number of amides is 1. The number of nitrogens with zero attached hydrogens (tertiary/aromatic N) is 4. The summed E-state index contributed by atoms with van der Waals surface area (Å²) in [5.41, 5.74) is 1.69. The van der Waals surface area contributed by atoms with E-state index in [2.05, 4.69) is 18.7 Å². The third-order valence-electron chi connectivity index (χ3n) is 7.12. The van der Waals surface area contributed by atoms with Gasteiger partial charge < -0.3 is 19.6 Å². The first-order valence-corrected chi connectivity index (χ1v) is 12.1. The summed E-state index contributed by atoms with van der Waals surface area (Å²) in [7, 11) is 7.52. The first-order chi connectivity index (χ1) is 16.1. The van der Waals surface area contributed by atoms with Gasteiger partial charge in [0.1, 0.15) is 11.6 Å². The Balaban J connectivity index is 1.70. The van der Waals surface area contributed by atoms with Crippen LogP contribution >= 0.6 is 0 Å². The number of rotatable bonds is 9. The third kappa shape index (κ3) is 5.87. The minimum Gasteiger partial charge on any atom is -0.372 e. The molecule has 2 aromatic rings. The van der Waals surface area contributed by atoms with E-state index in [0.717, 1.165) is 38.9 Å². The predicted molar refractivity (Wildman–Crippen MR) is 137 cm³/mol. The molecule has 0 N–H and O–H groups in total. The lowest BCUT2D eigenvalue weighted by Crippen LogP contribution is -2.31. The lowest BCUT2D eigenvalue weighted by molar-refractivity contribution is 0.0992. The zero-order chi connectivity index (χ0) is 25.0. The summed E-state index contributed by atoms with van der Waals surface area (Å²) >= 11 is 0. The third-order valence-corrected chi connectivity index (χ3v) is 7.12. The second-order valence-corrected chi connectivity index (χ2v) is 9.74. The van der Waals surface area contributed by atoms with Gasteiger partial charge in [-0.15, -0.1) is 0 Å². The number of anilines is 3. The Labute approximate surface area is 202 Å².